The number of rotatable bonds is 10. The van der Waals surface area contributed by atoms with Crippen LogP contribution in [0.5, 0.6) is 11.5 Å². The molecular formula is C18H30N2O3. The third kappa shape index (κ3) is 5.75. The first kappa shape index (κ1) is 19.3. The van der Waals surface area contributed by atoms with Crippen molar-refractivity contribution in [3.05, 3.63) is 24.3 Å². The van der Waals surface area contributed by atoms with E-state index in [1.54, 1.807) is 7.11 Å². The molecular weight excluding hydrogens is 292 g/mol. The lowest BCUT2D eigenvalue weighted by molar-refractivity contribution is -0.140. The lowest BCUT2D eigenvalue weighted by Crippen LogP contribution is -2.47. The molecule has 1 amide bonds. The molecule has 0 saturated heterocycles. The van der Waals surface area contributed by atoms with Crippen molar-refractivity contribution in [2.75, 3.05) is 33.3 Å². The molecule has 0 aliphatic rings. The van der Waals surface area contributed by atoms with Gasteiger partial charge in [0.05, 0.1) is 13.7 Å². The second-order valence-corrected chi connectivity index (χ2v) is 5.30. The molecule has 1 aromatic rings. The van der Waals surface area contributed by atoms with E-state index in [1.807, 2.05) is 43.0 Å². The summed E-state index contributed by atoms with van der Waals surface area (Å²) in [4.78, 5) is 16.5. The Labute approximate surface area is 140 Å². The van der Waals surface area contributed by atoms with Crippen LogP contribution in [-0.4, -0.2) is 55.2 Å². The molecule has 0 N–H and O–H groups in total. The van der Waals surface area contributed by atoms with Crippen molar-refractivity contribution in [2.45, 2.75) is 40.3 Å². The average Bonchev–Trinajstić information content (AvgIpc) is 2.59. The van der Waals surface area contributed by atoms with Crippen LogP contribution in [0.2, 0.25) is 0 Å². The van der Waals surface area contributed by atoms with Crippen molar-refractivity contribution in [1.29, 1.82) is 0 Å². The van der Waals surface area contributed by atoms with Crippen molar-refractivity contribution in [1.82, 2.24) is 9.80 Å². The summed E-state index contributed by atoms with van der Waals surface area (Å²) in [5.74, 6) is 1.64. The molecule has 1 aromatic carbocycles. The standard InChI is InChI=1S/C18H30N2O3/c1-6-18(23-16-12-10-15(22-5)11-13-16)20(9-4)17(21)14-19(7-2)8-3/h10-13,18H,6-9,14H2,1-5H3. The molecule has 0 aliphatic carbocycles. The van der Waals surface area contributed by atoms with Gasteiger partial charge >= 0.3 is 0 Å². The molecule has 0 spiro atoms. The lowest BCUT2D eigenvalue weighted by atomic mass is 10.3. The van der Waals surface area contributed by atoms with Gasteiger partial charge in [-0.1, -0.05) is 20.8 Å². The molecule has 0 saturated carbocycles. The quantitative estimate of drug-likeness (QED) is 0.621. The molecule has 5 heteroatoms. The van der Waals surface area contributed by atoms with Crippen LogP contribution in [0.3, 0.4) is 0 Å². The summed E-state index contributed by atoms with van der Waals surface area (Å²) in [6.07, 6.45) is 0.487. The summed E-state index contributed by atoms with van der Waals surface area (Å²) in [6.45, 7) is 11.0. The number of benzene rings is 1. The molecule has 0 heterocycles. The maximum Gasteiger partial charge on any atom is 0.239 e. The summed E-state index contributed by atoms with van der Waals surface area (Å²) in [6, 6.07) is 7.44. The van der Waals surface area contributed by atoms with Gasteiger partial charge in [0.15, 0.2) is 6.23 Å². The van der Waals surface area contributed by atoms with Crippen LogP contribution in [0, 0.1) is 0 Å². The third-order valence-corrected chi connectivity index (χ3v) is 3.94. The number of carbonyl (C=O) groups is 1. The minimum absolute atomic E-state index is 0.108. The zero-order valence-corrected chi connectivity index (χ0v) is 15.0. The van der Waals surface area contributed by atoms with Gasteiger partial charge < -0.3 is 14.4 Å². The van der Waals surface area contributed by atoms with E-state index in [2.05, 4.69) is 18.7 Å². The molecule has 0 aromatic heterocycles. The molecule has 5 nitrogen and oxygen atoms in total. The minimum Gasteiger partial charge on any atom is -0.497 e. The van der Waals surface area contributed by atoms with E-state index in [4.69, 9.17) is 9.47 Å². The highest BCUT2D eigenvalue weighted by atomic mass is 16.5. The summed E-state index contributed by atoms with van der Waals surface area (Å²) in [7, 11) is 1.63. The maximum atomic E-state index is 12.6. The molecule has 0 bridgehead atoms. The van der Waals surface area contributed by atoms with Crippen molar-refractivity contribution < 1.29 is 14.3 Å². The second-order valence-electron chi connectivity index (χ2n) is 5.30. The Hall–Kier alpha value is -1.75. The Morgan fingerprint density at radius 2 is 1.57 bits per heavy atom. The largest absolute Gasteiger partial charge is 0.497 e. The van der Waals surface area contributed by atoms with E-state index < -0.39 is 0 Å². The van der Waals surface area contributed by atoms with E-state index >= 15 is 0 Å². The van der Waals surface area contributed by atoms with Crippen molar-refractivity contribution >= 4 is 5.91 Å². The van der Waals surface area contributed by atoms with E-state index in [9.17, 15) is 4.79 Å². The van der Waals surface area contributed by atoms with Crippen LogP contribution in [0.25, 0.3) is 0 Å². The molecule has 0 fully saturated rings. The summed E-state index contributed by atoms with van der Waals surface area (Å²) in [5.41, 5.74) is 0. The van der Waals surface area contributed by atoms with Crippen molar-refractivity contribution in [3.8, 4) is 11.5 Å². The van der Waals surface area contributed by atoms with E-state index in [-0.39, 0.29) is 12.1 Å². The van der Waals surface area contributed by atoms with Gasteiger partial charge in [-0.2, -0.15) is 0 Å². The predicted octanol–water partition coefficient (Wildman–Crippen LogP) is 3.00. The van der Waals surface area contributed by atoms with Gasteiger partial charge in [0.25, 0.3) is 0 Å². The SMILES string of the molecule is CCC(Oc1ccc(OC)cc1)N(CC)C(=O)CN(CC)CC. The molecule has 0 radical (unpaired) electrons. The number of ether oxygens (including phenoxy) is 2. The second kappa shape index (κ2) is 10.1. The minimum atomic E-state index is -0.253. The number of hydrogen-bond acceptors (Lipinski definition) is 4. The molecule has 1 rings (SSSR count). The van der Waals surface area contributed by atoms with Crippen molar-refractivity contribution in [2.24, 2.45) is 0 Å². The van der Waals surface area contributed by atoms with E-state index in [0.29, 0.717) is 13.1 Å². The highest BCUT2D eigenvalue weighted by Gasteiger charge is 2.23. The van der Waals surface area contributed by atoms with Gasteiger partial charge in [-0.15, -0.1) is 0 Å². The first-order chi connectivity index (χ1) is 11.1. The number of amides is 1. The summed E-state index contributed by atoms with van der Waals surface area (Å²) >= 11 is 0. The van der Waals surface area contributed by atoms with E-state index in [0.717, 1.165) is 31.0 Å². The third-order valence-electron chi connectivity index (χ3n) is 3.94. The fourth-order valence-corrected chi connectivity index (χ4v) is 2.45. The average molecular weight is 322 g/mol. The zero-order valence-electron chi connectivity index (χ0n) is 15.0. The van der Waals surface area contributed by atoms with Crippen LogP contribution < -0.4 is 9.47 Å². The highest BCUT2D eigenvalue weighted by Crippen LogP contribution is 2.20. The Kier molecular flexibility index (Phi) is 8.48. The van der Waals surface area contributed by atoms with Gasteiger partial charge in [-0.3, -0.25) is 9.69 Å². The lowest BCUT2D eigenvalue weighted by Gasteiger charge is -2.32. The Balaban J connectivity index is 2.76. The predicted molar refractivity (Wildman–Crippen MR) is 92.9 cm³/mol. The normalized spacial score (nSPS) is 12.1. The topological polar surface area (TPSA) is 42.0 Å². The van der Waals surface area contributed by atoms with Gasteiger partial charge in [0, 0.05) is 13.0 Å². The zero-order chi connectivity index (χ0) is 17.2. The molecule has 1 unspecified atom stereocenters. The first-order valence-electron chi connectivity index (χ1n) is 8.41. The van der Waals surface area contributed by atoms with Crippen LogP contribution in [0.4, 0.5) is 0 Å². The summed E-state index contributed by atoms with van der Waals surface area (Å²) < 4.78 is 11.2. The smallest absolute Gasteiger partial charge is 0.239 e. The van der Waals surface area contributed by atoms with Crippen LogP contribution in [0.15, 0.2) is 24.3 Å². The summed E-state index contributed by atoms with van der Waals surface area (Å²) in [5, 5.41) is 0. The van der Waals surface area contributed by atoms with E-state index in [1.165, 1.54) is 0 Å². The van der Waals surface area contributed by atoms with Crippen LogP contribution in [0.1, 0.15) is 34.1 Å². The number of nitrogens with zero attached hydrogens (tertiary/aromatic N) is 2. The fourth-order valence-electron chi connectivity index (χ4n) is 2.45. The number of carbonyl (C=O) groups excluding carboxylic acids is 1. The monoisotopic (exact) mass is 322 g/mol. The number of hydrogen-bond donors (Lipinski definition) is 0. The number of methoxy groups -OCH3 is 1. The maximum absolute atomic E-state index is 12.6. The van der Waals surface area contributed by atoms with Gasteiger partial charge in [-0.25, -0.2) is 0 Å². The Bertz CT molecular complexity index is 458. The van der Waals surface area contributed by atoms with Gasteiger partial charge in [0.2, 0.25) is 5.91 Å². The van der Waals surface area contributed by atoms with Crippen molar-refractivity contribution in [3.63, 3.8) is 0 Å². The Morgan fingerprint density at radius 1 is 1.00 bits per heavy atom. The van der Waals surface area contributed by atoms with Crippen LogP contribution in [-0.2, 0) is 4.79 Å². The fraction of sp³-hybridized carbons (Fsp3) is 0.611. The first-order valence-corrected chi connectivity index (χ1v) is 8.41. The van der Waals surface area contributed by atoms with Gasteiger partial charge in [0.1, 0.15) is 11.5 Å². The molecule has 23 heavy (non-hydrogen) atoms. The molecule has 0 aliphatic heterocycles. The Morgan fingerprint density at radius 3 is 2.00 bits per heavy atom. The number of likely N-dealkylation sites (N-methyl/N-ethyl adjacent to an activating group) is 2. The van der Waals surface area contributed by atoms with Crippen LogP contribution >= 0.6 is 0 Å². The van der Waals surface area contributed by atoms with Gasteiger partial charge in [-0.05, 0) is 44.3 Å². The molecule has 130 valence electrons. The molecule has 1 atom stereocenters. The highest BCUT2D eigenvalue weighted by molar-refractivity contribution is 5.78.